The highest BCUT2D eigenvalue weighted by Crippen LogP contribution is 2.26. The van der Waals surface area contributed by atoms with E-state index in [2.05, 4.69) is 10.5 Å². The van der Waals surface area contributed by atoms with E-state index in [1.165, 1.54) is 18.3 Å². The minimum atomic E-state index is -3.62. The predicted molar refractivity (Wildman–Crippen MR) is 107 cm³/mol. The molecule has 4 N–H and O–H groups in total. The zero-order chi connectivity index (χ0) is 20.0. The minimum absolute atomic E-state index is 0.0175. The van der Waals surface area contributed by atoms with E-state index in [1.54, 1.807) is 6.07 Å². The molecule has 0 fully saturated rings. The third-order valence-corrected chi connectivity index (χ3v) is 5.88. The molecule has 1 heterocycles. The van der Waals surface area contributed by atoms with Crippen LogP contribution in [0, 0.1) is 11.2 Å². The number of nitrogens with two attached hydrogens (primary N) is 1. The van der Waals surface area contributed by atoms with Gasteiger partial charge in [0.1, 0.15) is 5.82 Å². The van der Waals surface area contributed by atoms with E-state index >= 15 is 0 Å². The largest absolute Gasteiger partial charge is 0.369 e. The highest BCUT2D eigenvalue weighted by Gasteiger charge is 2.21. The van der Waals surface area contributed by atoms with Crippen LogP contribution in [0.15, 0.2) is 29.5 Å². The van der Waals surface area contributed by atoms with Crippen LogP contribution in [0.3, 0.4) is 0 Å². The molecule has 2 aromatic rings. The molecule has 148 valence electrons. The molecular weight excluding hydrogens is 369 g/mol. The number of hydrogen-bond acceptors (Lipinski definition) is 4. The number of nitrogens with zero attached hydrogens (tertiary/aromatic N) is 2. The Morgan fingerprint density at radius 1 is 1.30 bits per heavy atom. The highest BCUT2D eigenvalue weighted by atomic mass is 32.2. The summed E-state index contributed by atoms with van der Waals surface area (Å²) in [7, 11) is -3.62. The van der Waals surface area contributed by atoms with Gasteiger partial charge in [-0.3, -0.25) is 5.41 Å². The van der Waals surface area contributed by atoms with Crippen molar-refractivity contribution in [3.05, 3.63) is 35.8 Å². The Morgan fingerprint density at radius 3 is 2.63 bits per heavy atom. The van der Waals surface area contributed by atoms with Gasteiger partial charge in [-0.15, -0.1) is 0 Å². The Bertz CT molecular complexity index is 950. The number of hydrogen-bond donors (Lipinski definition) is 3. The molecule has 0 radical (unpaired) electrons. The van der Waals surface area contributed by atoms with Crippen LogP contribution in [0.2, 0.25) is 0 Å². The summed E-state index contributed by atoms with van der Waals surface area (Å²) in [6.45, 7) is 3.95. The van der Waals surface area contributed by atoms with Gasteiger partial charge in [-0.25, -0.2) is 22.2 Å². The molecule has 2 rings (SSSR count). The number of hydrazone groups is 1. The molecule has 0 saturated carbocycles. The number of unbranched alkanes of at least 4 members (excludes halogenated alkanes) is 2. The monoisotopic (exact) mass is 395 g/mol. The smallest absolute Gasteiger partial charge is 0.239 e. The average Bonchev–Trinajstić information content (AvgIpc) is 2.99. The van der Waals surface area contributed by atoms with E-state index < -0.39 is 15.8 Å². The Morgan fingerprint density at radius 2 is 2.00 bits per heavy atom. The first kappa shape index (κ1) is 20.9. The van der Waals surface area contributed by atoms with E-state index in [9.17, 15) is 12.8 Å². The third kappa shape index (κ3) is 5.06. The van der Waals surface area contributed by atoms with Gasteiger partial charge in [0.05, 0.1) is 17.0 Å². The van der Waals surface area contributed by atoms with Gasteiger partial charge in [0.25, 0.3) is 0 Å². The second kappa shape index (κ2) is 8.98. The quantitative estimate of drug-likeness (QED) is 0.344. The summed E-state index contributed by atoms with van der Waals surface area (Å²) < 4.78 is 40.5. The summed E-state index contributed by atoms with van der Waals surface area (Å²) in [5.41, 5.74) is 9.20. The number of nitrogens with one attached hydrogen (secondary N) is 2. The molecular formula is C18H26FN5O2S. The van der Waals surface area contributed by atoms with Gasteiger partial charge in [-0.1, -0.05) is 26.7 Å². The van der Waals surface area contributed by atoms with Crippen molar-refractivity contribution in [1.29, 1.82) is 5.41 Å². The summed E-state index contributed by atoms with van der Waals surface area (Å²) in [5, 5.41) is 12.1. The lowest BCUT2D eigenvalue weighted by Crippen LogP contribution is -2.27. The van der Waals surface area contributed by atoms with Crippen LogP contribution in [-0.2, 0) is 10.0 Å². The fraction of sp³-hybridized carbons (Fsp3) is 0.444. The molecule has 0 saturated heterocycles. The summed E-state index contributed by atoms with van der Waals surface area (Å²) in [6, 6.07) is 4.07. The second-order valence-corrected chi connectivity index (χ2v) is 8.32. The highest BCUT2D eigenvalue weighted by molar-refractivity contribution is 7.90. The lowest BCUT2D eigenvalue weighted by atomic mass is 10.0. The molecule has 1 aromatic heterocycles. The molecule has 0 unspecified atom stereocenters. The van der Waals surface area contributed by atoms with Crippen LogP contribution in [0.1, 0.15) is 51.5 Å². The Kier molecular flexibility index (Phi) is 6.95. The molecule has 0 aliphatic rings. The lowest BCUT2D eigenvalue weighted by Gasteiger charge is -2.06. The molecule has 7 nitrogen and oxygen atoms in total. The molecule has 27 heavy (non-hydrogen) atoms. The summed E-state index contributed by atoms with van der Waals surface area (Å²) >= 11 is 0. The lowest BCUT2D eigenvalue weighted by molar-refractivity contribution is 0.585. The van der Waals surface area contributed by atoms with Crippen LogP contribution in [0.5, 0.6) is 0 Å². The van der Waals surface area contributed by atoms with Crippen molar-refractivity contribution in [3.63, 3.8) is 0 Å². The van der Waals surface area contributed by atoms with Gasteiger partial charge in [-0.2, -0.15) is 5.10 Å². The van der Waals surface area contributed by atoms with Crippen LogP contribution in [-0.4, -0.2) is 29.8 Å². The van der Waals surface area contributed by atoms with Crippen molar-refractivity contribution >= 4 is 32.6 Å². The number of aromatic nitrogens is 1. The number of halogens is 1. The topological polar surface area (TPSA) is 113 Å². The first-order valence-electron chi connectivity index (χ1n) is 9.01. The Labute approximate surface area is 159 Å². The molecule has 0 amide bonds. The minimum Gasteiger partial charge on any atom is -0.369 e. The summed E-state index contributed by atoms with van der Waals surface area (Å²) in [6.07, 6.45) is 5.07. The zero-order valence-electron chi connectivity index (χ0n) is 15.6. The third-order valence-electron chi connectivity index (χ3n) is 4.18. The van der Waals surface area contributed by atoms with E-state index in [1.807, 2.05) is 13.8 Å². The maximum Gasteiger partial charge on any atom is 0.239 e. The van der Waals surface area contributed by atoms with Crippen molar-refractivity contribution in [2.75, 3.05) is 5.75 Å². The maximum atomic E-state index is 13.8. The van der Waals surface area contributed by atoms with Crippen molar-refractivity contribution in [1.82, 2.24) is 9.40 Å². The molecule has 0 spiro atoms. The Balaban J connectivity index is 2.65. The van der Waals surface area contributed by atoms with Gasteiger partial charge in [0, 0.05) is 17.1 Å². The van der Waals surface area contributed by atoms with Gasteiger partial charge < -0.3 is 5.73 Å². The number of rotatable bonds is 9. The average molecular weight is 396 g/mol. The SMILES string of the molecule is CCCC/C(=N\NC(=N)N)c1cn(S(=O)(=O)CCCC)c2cc(F)ccc12. The molecule has 0 aliphatic heterocycles. The molecule has 9 heteroatoms. The summed E-state index contributed by atoms with van der Waals surface area (Å²) in [5.74, 6) is -0.835. The van der Waals surface area contributed by atoms with Crippen LogP contribution in [0.25, 0.3) is 10.9 Å². The first-order valence-corrected chi connectivity index (χ1v) is 10.6. The van der Waals surface area contributed by atoms with Gasteiger partial charge in [0.2, 0.25) is 16.0 Å². The molecule has 1 aromatic carbocycles. The molecule has 0 aliphatic carbocycles. The number of fused-ring (bicyclic) bond motifs is 1. The predicted octanol–water partition coefficient (Wildman–Crippen LogP) is 3.14. The van der Waals surface area contributed by atoms with Crippen LogP contribution < -0.4 is 11.2 Å². The number of guanidine groups is 1. The van der Waals surface area contributed by atoms with E-state index in [-0.39, 0.29) is 17.2 Å². The normalized spacial score (nSPS) is 12.5. The van der Waals surface area contributed by atoms with E-state index in [4.69, 9.17) is 11.1 Å². The van der Waals surface area contributed by atoms with Crippen molar-refractivity contribution in [2.24, 2.45) is 10.8 Å². The van der Waals surface area contributed by atoms with Gasteiger partial charge >= 0.3 is 0 Å². The Hall–Kier alpha value is -2.42. The van der Waals surface area contributed by atoms with Crippen LogP contribution in [0.4, 0.5) is 4.39 Å². The molecule has 0 bridgehead atoms. The maximum absolute atomic E-state index is 13.8. The molecule has 0 atom stereocenters. The fourth-order valence-electron chi connectivity index (χ4n) is 2.78. The van der Waals surface area contributed by atoms with Crippen molar-refractivity contribution in [3.8, 4) is 0 Å². The standard InChI is InChI=1S/C18H26FN5O2S/c1-3-5-7-16(22-23-18(20)21)15-12-24(27(25,26)10-6-4-2)17-11-13(19)8-9-14(15)17/h8-9,11-12H,3-7,10H2,1-2H3,(H4,20,21,23)/b22-16+. The van der Waals surface area contributed by atoms with Gasteiger partial charge in [-0.05, 0) is 37.5 Å². The fourth-order valence-corrected chi connectivity index (χ4v) is 4.35. The van der Waals surface area contributed by atoms with Crippen LogP contribution >= 0.6 is 0 Å². The van der Waals surface area contributed by atoms with E-state index in [0.29, 0.717) is 29.5 Å². The summed E-state index contributed by atoms with van der Waals surface area (Å²) in [4.78, 5) is 0. The van der Waals surface area contributed by atoms with Crippen molar-refractivity contribution < 1.29 is 12.8 Å². The second-order valence-electron chi connectivity index (χ2n) is 6.36. The van der Waals surface area contributed by atoms with E-state index in [0.717, 1.165) is 23.2 Å². The number of benzene rings is 1. The first-order chi connectivity index (χ1) is 12.8. The van der Waals surface area contributed by atoms with Crippen molar-refractivity contribution in [2.45, 2.75) is 46.0 Å². The zero-order valence-corrected chi connectivity index (χ0v) is 16.4. The van der Waals surface area contributed by atoms with Gasteiger partial charge in [0.15, 0.2) is 0 Å².